The summed E-state index contributed by atoms with van der Waals surface area (Å²) in [6.45, 7) is 0. The van der Waals surface area contributed by atoms with Gasteiger partial charge in [-0.25, -0.2) is 4.39 Å². The Labute approximate surface area is 96.3 Å². The van der Waals surface area contributed by atoms with Crippen molar-refractivity contribution in [2.24, 2.45) is 5.73 Å². The van der Waals surface area contributed by atoms with E-state index in [1.54, 1.807) is 0 Å². The predicted molar refractivity (Wildman–Crippen MR) is 56.7 cm³/mol. The molecule has 0 heterocycles. The smallest absolute Gasteiger partial charge is 0.322 e. The zero-order chi connectivity index (χ0) is 13.0. The number of nitro groups is 1. The number of benzene rings is 1. The summed E-state index contributed by atoms with van der Waals surface area (Å²) in [6.07, 6.45) is -0.152. The molecule has 1 aromatic rings. The Morgan fingerprint density at radius 1 is 1.65 bits per heavy atom. The van der Waals surface area contributed by atoms with Crippen LogP contribution in [0.25, 0.3) is 0 Å². The molecular formula is C10H11FN2O4. The molecule has 2 N–H and O–H groups in total. The van der Waals surface area contributed by atoms with E-state index >= 15 is 0 Å². The van der Waals surface area contributed by atoms with E-state index in [1.165, 1.54) is 0 Å². The van der Waals surface area contributed by atoms with Crippen LogP contribution < -0.4 is 5.73 Å². The van der Waals surface area contributed by atoms with Gasteiger partial charge in [0.05, 0.1) is 12.0 Å². The molecule has 6 nitrogen and oxygen atoms in total. The van der Waals surface area contributed by atoms with Gasteiger partial charge >= 0.3 is 5.97 Å². The summed E-state index contributed by atoms with van der Waals surface area (Å²) in [4.78, 5) is 21.1. The van der Waals surface area contributed by atoms with Gasteiger partial charge in [0.1, 0.15) is 11.9 Å². The van der Waals surface area contributed by atoms with Crippen LogP contribution in [-0.4, -0.2) is 24.0 Å². The minimum atomic E-state index is -1.06. The largest absolute Gasteiger partial charge is 0.468 e. The van der Waals surface area contributed by atoms with Crippen molar-refractivity contribution in [2.75, 3.05) is 7.11 Å². The second-order valence-electron chi connectivity index (χ2n) is 3.36. The fourth-order valence-electron chi connectivity index (χ4n) is 1.37. The first kappa shape index (κ1) is 13.0. The molecule has 0 saturated carbocycles. The highest BCUT2D eigenvalue weighted by atomic mass is 19.1. The number of hydrogen-bond acceptors (Lipinski definition) is 5. The minimum Gasteiger partial charge on any atom is -0.468 e. The van der Waals surface area contributed by atoms with Crippen LogP contribution in [0.3, 0.4) is 0 Å². The van der Waals surface area contributed by atoms with E-state index in [9.17, 15) is 19.3 Å². The molecule has 0 bridgehead atoms. The van der Waals surface area contributed by atoms with Crippen LogP contribution in [0.4, 0.5) is 10.1 Å². The van der Waals surface area contributed by atoms with Gasteiger partial charge in [-0.15, -0.1) is 0 Å². The molecule has 1 aromatic carbocycles. The van der Waals surface area contributed by atoms with Crippen molar-refractivity contribution < 1.29 is 18.8 Å². The molecule has 7 heteroatoms. The zero-order valence-electron chi connectivity index (χ0n) is 9.05. The summed E-state index contributed by atoms with van der Waals surface area (Å²) >= 11 is 0. The van der Waals surface area contributed by atoms with Gasteiger partial charge in [0, 0.05) is 18.1 Å². The van der Waals surface area contributed by atoms with Crippen LogP contribution in [-0.2, 0) is 16.0 Å². The number of hydrogen-bond donors (Lipinski definition) is 1. The van der Waals surface area contributed by atoms with Crippen molar-refractivity contribution in [1.82, 2.24) is 0 Å². The molecule has 0 aliphatic carbocycles. The quantitative estimate of drug-likeness (QED) is 0.478. The van der Waals surface area contributed by atoms with Gasteiger partial charge in [0.2, 0.25) is 0 Å². The standard InChI is InChI=1S/C10H11FN2O4/c1-17-10(14)8(12)5-6-4-7(11)2-3-9(6)13(15)16/h2-4,8H,5,12H2,1H3/t8-/m1/s1. The van der Waals surface area contributed by atoms with Crippen molar-refractivity contribution in [3.63, 3.8) is 0 Å². The van der Waals surface area contributed by atoms with E-state index in [2.05, 4.69) is 4.74 Å². The van der Waals surface area contributed by atoms with Gasteiger partial charge in [-0.1, -0.05) is 0 Å². The van der Waals surface area contributed by atoms with Crippen molar-refractivity contribution in [3.05, 3.63) is 39.7 Å². The maximum atomic E-state index is 13.0. The topological polar surface area (TPSA) is 95.5 Å². The Morgan fingerprint density at radius 2 is 2.29 bits per heavy atom. The molecule has 1 rings (SSSR count). The maximum absolute atomic E-state index is 13.0. The SMILES string of the molecule is COC(=O)[C@H](N)Cc1cc(F)ccc1[N+](=O)[O-]. The van der Waals surface area contributed by atoms with Crippen LogP contribution in [0.2, 0.25) is 0 Å². The Balaban J connectivity index is 3.00. The zero-order valence-corrected chi connectivity index (χ0v) is 9.05. The number of carbonyl (C=O) groups excluding carboxylic acids is 1. The summed E-state index contributed by atoms with van der Waals surface area (Å²) in [7, 11) is 1.15. The number of nitro benzene ring substituents is 1. The molecule has 0 spiro atoms. The lowest BCUT2D eigenvalue weighted by atomic mass is 10.0. The van der Waals surface area contributed by atoms with Gasteiger partial charge in [-0.3, -0.25) is 14.9 Å². The number of halogens is 1. The molecule has 0 aliphatic rings. The first-order valence-electron chi connectivity index (χ1n) is 4.72. The third kappa shape index (κ3) is 3.22. The second kappa shape index (κ2) is 5.35. The number of esters is 1. The molecule has 0 aliphatic heterocycles. The third-order valence-electron chi connectivity index (χ3n) is 2.18. The molecule has 0 aromatic heterocycles. The highest BCUT2D eigenvalue weighted by Gasteiger charge is 2.21. The van der Waals surface area contributed by atoms with Crippen molar-refractivity contribution in [2.45, 2.75) is 12.5 Å². The number of methoxy groups -OCH3 is 1. The molecule has 92 valence electrons. The summed E-state index contributed by atoms with van der Waals surface area (Å²) in [6, 6.07) is 1.95. The summed E-state index contributed by atoms with van der Waals surface area (Å²) in [5.41, 5.74) is 5.25. The van der Waals surface area contributed by atoms with Gasteiger partial charge in [0.25, 0.3) is 5.69 Å². The number of rotatable bonds is 4. The van der Waals surface area contributed by atoms with Gasteiger partial charge in [-0.05, 0) is 12.1 Å². The monoisotopic (exact) mass is 242 g/mol. The highest BCUT2D eigenvalue weighted by molar-refractivity contribution is 5.76. The average molecular weight is 242 g/mol. The normalized spacial score (nSPS) is 11.9. The van der Waals surface area contributed by atoms with Crippen molar-refractivity contribution >= 4 is 11.7 Å². The number of nitrogens with two attached hydrogens (primary N) is 1. The number of carbonyl (C=O) groups is 1. The molecule has 0 saturated heterocycles. The van der Waals surface area contributed by atoms with E-state index in [-0.39, 0.29) is 17.7 Å². The molecule has 1 atom stereocenters. The Hall–Kier alpha value is -2.02. The van der Waals surface area contributed by atoms with Gasteiger partial charge < -0.3 is 10.5 Å². The molecule has 0 amide bonds. The van der Waals surface area contributed by atoms with Crippen molar-refractivity contribution in [1.29, 1.82) is 0 Å². The predicted octanol–water partition coefficient (Wildman–Crippen LogP) is 0.777. The highest BCUT2D eigenvalue weighted by Crippen LogP contribution is 2.20. The van der Waals surface area contributed by atoms with E-state index in [4.69, 9.17) is 5.73 Å². The fraction of sp³-hybridized carbons (Fsp3) is 0.300. The molecule has 0 unspecified atom stereocenters. The lowest BCUT2D eigenvalue weighted by molar-refractivity contribution is -0.385. The van der Waals surface area contributed by atoms with Crippen LogP contribution in [0, 0.1) is 15.9 Å². The lowest BCUT2D eigenvalue weighted by Gasteiger charge is -2.09. The Bertz CT molecular complexity index is 450. The van der Waals surface area contributed by atoms with E-state index in [1.807, 2.05) is 0 Å². The maximum Gasteiger partial charge on any atom is 0.322 e. The summed E-state index contributed by atoms with van der Waals surface area (Å²) < 4.78 is 17.4. The molecule has 0 fully saturated rings. The van der Waals surface area contributed by atoms with Crippen LogP contribution in [0.5, 0.6) is 0 Å². The van der Waals surface area contributed by atoms with Crippen LogP contribution >= 0.6 is 0 Å². The summed E-state index contributed by atoms with van der Waals surface area (Å²) in [5.74, 6) is -1.33. The van der Waals surface area contributed by atoms with E-state index in [0.29, 0.717) is 0 Å². The lowest BCUT2D eigenvalue weighted by Crippen LogP contribution is -2.33. The minimum absolute atomic E-state index is 0.0629. The van der Waals surface area contributed by atoms with Crippen LogP contribution in [0.15, 0.2) is 18.2 Å². The molecule has 0 radical (unpaired) electrons. The third-order valence-corrected chi connectivity index (χ3v) is 2.18. The Kier molecular flexibility index (Phi) is 4.11. The first-order chi connectivity index (χ1) is 7.95. The van der Waals surface area contributed by atoms with Crippen molar-refractivity contribution in [3.8, 4) is 0 Å². The number of nitrogens with zero attached hydrogens (tertiary/aromatic N) is 1. The first-order valence-corrected chi connectivity index (χ1v) is 4.72. The second-order valence-corrected chi connectivity index (χ2v) is 3.36. The van der Waals surface area contributed by atoms with E-state index in [0.717, 1.165) is 25.3 Å². The molecule has 17 heavy (non-hydrogen) atoms. The average Bonchev–Trinajstić information content (AvgIpc) is 2.27. The van der Waals surface area contributed by atoms with Gasteiger partial charge in [0.15, 0.2) is 0 Å². The fourth-order valence-corrected chi connectivity index (χ4v) is 1.37. The van der Waals surface area contributed by atoms with Crippen LogP contribution in [0.1, 0.15) is 5.56 Å². The summed E-state index contributed by atoms with van der Waals surface area (Å²) in [5, 5.41) is 10.7. The number of ether oxygens (including phenoxy) is 1. The Morgan fingerprint density at radius 3 is 2.82 bits per heavy atom. The molecular weight excluding hydrogens is 231 g/mol. The van der Waals surface area contributed by atoms with E-state index < -0.39 is 22.8 Å². The van der Waals surface area contributed by atoms with Gasteiger partial charge in [-0.2, -0.15) is 0 Å².